The van der Waals surface area contributed by atoms with Crippen LogP contribution in [0.1, 0.15) is 51.4 Å². The van der Waals surface area contributed by atoms with Crippen molar-refractivity contribution < 1.29 is 4.79 Å². The number of fused-ring (bicyclic) bond motifs is 1. The number of hydrogen-bond donors (Lipinski definition) is 1. The molecular weight excluding hydrogens is 514 g/mol. The highest BCUT2D eigenvalue weighted by Crippen LogP contribution is 2.33. The van der Waals surface area contributed by atoms with E-state index < -0.39 is 0 Å². The molecule has 41 heavy (non-hydrogen) atoms. The number of aromatic nitrogens is 5. The van der Waals surface area contributed by atoms with Crippen molar-refractivity contribution >= 4 is 23.4 Å². The van der Waals surface area contributed by atoms with Crippen molar-refractivity contribution in [2.45, 2.75) is 59.5 Å². The summed E-state index contributed by atoms with van der Waals surface area (Å²) in [5, 5.41) is 8.08. The standard InChI is InChI=1S/C31H41N9O/c1-21-28(22(2)40-31(34-21)35-23(3)36-40)16-26-10-13-39(20-26)30-18-32-29(17-33-30)27-8-6-25(7-9-27)19-37-11-5-12-38(15-14-37)24(4)41/h6-9,17-18,21,26H,5,10-16,19-20H2,1-4H3,(H,34,35,36)/t21?,26-/m0/s1. The summed E-state index contributed by atoms with van der Waals surface area (Å²) < 4.78 is 1.95. The number of carbonyl (C=O) groups is 1. The number of rotatable bonds is 6. The smallest absolute Gasteiger partial charge is 0.226 e. The van der Waals surface area contributed by atoms with Crippen LogP contribution in [0.15, 0.2) is 42.2 Å². The predicted octanol–water partition coefficient (Wildman–Crippen LogP) is 4.06. The van der Waals surface area contributed by atoms with Crippen molar-refractivity contribution in [1.82, 2.24) is 34.5 Å². The van der Waals surface area contributed by atoms with Gasteiger partial charge in [-0.25, -0.2) is 9.67 Å². The molecule has 3 aliphatic heterocycles. The molecule has 3 aromatic rings. The summed E-state index contributed by atoms with van der Waals surface area (Å²) in [6.07, 6.45) is 7.02. The van der Waals surface area contributed by atoms with Gasteiger partial charge >= 0.3 is 0 Å². The van der Waals surface area contributed by atoms with Gasteiger partial charge in [-0.05, 0) is 57.1 Å². The van der Waals surface area contributed by atoms with E-state index in [-0.39, 0.29) is 11.9 Å². The van der Waals surface area contributed by atoms with Gasteiger partial charge in [-0.15, -0.1) is 0 Å². The fraction of sp³-hybridized carbons (Fsp3) is 0.516. The van der Waals surface area contributed by atoms with Crippen molar-refractivity contribution in [3.8, 4) is 11.3 Å². The van der Waals surface area contributed by atoms with Crippen LogP contribution >= 0.6 is 0 Å². The first-order valence-corrected chi connectivity index (χ1v) is 14.9. The van der Waals surface area contributed by atoms with Crippen LogP contribution in [0.2, 0.25) is 0 Å². The molecule has 0 bridgehead atoms. The monoisotopic (exact) mass is 555 g/mol. The molecule has 3 aliphatic rings. The van der Waals surface area contributed by atoms with Gasteiger partial charge in [0, 0.05) is 70.0 Å². The van der Waals surface area contributed by atoms with E-state index in [0.717, 1.165) is 93.9 Å². The molecule has 216 valence electrons. The highest BCUT2D eigenvalue weighted by Gasteiger charge is 2.30. The fourth-order valence-corrected chi connectivity index (χ4v) is 6.43. The van der Waals surface area contributed by atoms with Crippen LogP contribution in [0.25, 0.3) is 17.0 Å². The lowest BCUT2D eigenvalue weighted by Gasteiger charge is -2.28. The van der Waals surface area contributed by atoms with Gasteiger partial charge in [0.25, 0.3) is 0 Å². The predicted molar refractivity (Wildman–Crippen MR) is 161 cm³/mol. The van der Waals surface area contributed by atoms with Crippen molar-refractivity contribution in [3.05, 3.63) is 53.6 Å². The van der Waals surface area contributed by atoms with Gasteiger partial charge in [0.1, 0.15) is 11.6 Å². The zero-order valence-electron chi connectivity index (χ0n) is 24.7. The van der Waals surface area contributed by atoms with Crippen LogP contribution in [-0.4, -0.2) is 85.7 Å². The van der Waals surface area contributed by atoms with Crippen molar-refractivity contribution in [2.24, 2.45) is 5.92 Å². The highest BCUT2D eigenvalue weighted by atomic mass is 16.2. The molecule has 1 unspecified atom stereocenters. The quantitative estimate of drug-likeness (QED) is 0.487. The second-order valence-electron chi connectivity index (χ2n) is 11.8. The Morgan fingerprint density at radius 2 is 1.85 bits per heavy atom. The summed E-state index contributed by atoms with van der Waals surface area (Å²) in [6, 6.07) is 8.91. The number of benzene rings is 1. The molecule has 0 saturated carbocycles. The average molecular weight is 556 g/mol. The third-order valence-corrected chi connectivity index (χ3v) is 8.81. The minimum Gasteiger partial charge on any atom is -0.355 e. The Morgan fingerprint density at radius 3 is 2.61 bits per heavy atom. The van der Waals surface area contributed by atoms with Gasteiger partial charge in [-0.2, -0.15) is 10.1 Å². The number of allylic oxidation sites excluding steroid dienone is 1. The van der Waals surface area contributed by atoms with Crippen LogP contribution in [0.5, 0.6) is 0 Å². The lowest BCUT2D eigenvalue weighted by atomic mass is 9.92. The van der Waals surface area contributed by atoms with Gasteiger partial charge in [0.15, 0.2) is 0 Å². The van der Waals surface area contributed by atoms with E-state index in [0.29, 0.717) is 5.92 Å². The minimum absolute atomic E-state index is 0.175. The number of nitrogens with one attached hydrogen (secondary N) is 1. The molecule has 2 atom stereocenters. The lowest BCUT2D eigenvalue weighted by molar-refractivity contribution is -0.128. The van der Waals surface area contributed by atoms with E-state index in [4.69, 9.17) is 9.97 Å². The highest BCUT2D eigenvalue weighted by molar-refractivity contribution is 5.73. The van der Waals surface area contributed by atoms with E-state index in [1.165, 1.54) is 16.8 Å². The normalized spacial score (nSPS) is 21.6. The Labute approximate surface area is 242 Å². The SMILES string of the molecule is CC(=O)N1CCCN(Cc2ccc(-c3cnc(N4CC[C@@H](CC5=C(C)n6nc(C)nc6NC5C)C4)cn3)cc2)CC1. The summed E-state index contributed by atoms with van der Waals surface area (Å²) in [4.78, 5) is 32.6. The number of nitrogens with zero attached hydrogens (tertiary/aromatic N) is 8. The summed E-state index contributed by atoms with van der Waals surface area (Å²) in [6.45, 7) is 14.5. The second kappa shape index (κ2) is 11.6. The Kier molecular flexibility index (Phi) is 7.75. The van der Waals surface area contributed by atoms with E-state index in [2.05, 4.69) is 63.3 Å². The topological polar surface area (TPSA) is 95.3 Å². The second-order valence-corrected chi connectivity index (χ2v) is 11.8. The van der Waals surface area contributed by atoms with Gasteiger partial charge in [0.05, 0.1) is 18.1 Å². The number of hydrogen-bond acceptors (Lipinski definition) is 8. The molecule has 0 aliphatic carbocycles. The maximum atomic E-state index is 11.7. The first kappa shape index (κ1) is 27.4. The number of aryl methyl sites for hydroxylation is 1. The third-order valence-electron chi connectivity index (χ3n) is 8.81. The van der Waals surface area contributed by atoms with E-state index in [1.807, 2.05) is 28.9 Å². The maximum Gasteiger partial charge on any atom is 0.226 e. The summed E-state index contributed by atoms with van der Waals surface area (Å²) >= 11 is 0. The molecule has 1 aromatic carbocycles. The van der Waals surface area contributed by atoms with Gasteiger partial charge in [0.2, 0.25) is 11.9 Å². The Bertz CT molecular complexity index is 1410. The minimum atomic E-state index is 0.175. The largest absolute Gasteiger partial charge is 0.355 e. The Hall–Kier alpha value is -3.79. The molecule has 0 spiro atoms. The van der Waals surface area contributed by atoms with Crippen molar-refractivity contribution in [1.29, 1.82) is 0 Å². The summed E-state index contributed by atoms with van der Waals surface area (Å²) in [7, 11) is 0. The molecule has 2 aromatic heterocycles. The molecule has 5 heterocycles. The first-order valence-electron chi connectivity index (χ1n) is 14.9. The zero-order valence-corrected chi connectivity index (χ0v) is 24.7. The van der Waals surface area contributed by atoms with Crippen LogP contribution in [-0.2, 0) is 11.3 Å². The van der Waals surface area contributed by atoms with Crippen LogP contribution < -0.4 is 10.2 Å². The molecule has 1 amide bonds. The van der Waals surface area contributed by atoms with Crippen LogP contribution in [0.4, 0.5) is 11.8 Å². The zero-order chi connectivity index (χ0) is 28.5. The van der Waals surface area contributed by atoms with Crippen LogP contribution in [0, 0.1) is 12.8 Å². The van der Waals surface area contributed by atoms with Crippen LogP contribution in [0.3, 0.4) is 0 Å². The molecule has 10 nitrogen and oxygen atoms in total. The van der Waals surface area contributed by atoms with Gasteiger partial charge in [-0.3, -0.25) is 14.7 Å². The Morgan fingerprint density at radius 1 is 1.02 bits per heavy atom. The maximum absolute atomic E-state index is 11.7. The lowest BCUT2D eigenvalue weighted by Crippen LogP contribution is -2.33. The van der Waals surface area contributed by atoms with E-state index >= 15 is 0 Å². The van der Waals surface area contributed by atoms with Gasteiger partial charge < -0.3 is 15.1 Å². The molecule has 6 rings (SSSR count). The fourth-order valence-electron chi connectivity index (χ4n) is 6.43. The number of carbonyl (C=O) groups excluding carboxylic acids is 1. The third kappa shape index (κ3) is 5.98. The summed E-state index contributed by atoms with van der Waals surface area (Å²) in [5.41, 5.74) is 5.86. The van der Waals surface area contributed by atoms with Gasteiger partial charge in [-0.1, -0.05) is 24.3 Å². The summed E-state index contributed by atoms with van der Waals surface area (Å²) in [5.74, 6) is 3.33. The first-order chi connectivity index (χ1) is 19.8. The molecule has 1 N–H and O–H groups in total. The molecule has 2 saturated heterocycles. The number of amides is 1. The molecule has 2 fully saturated rings. The Balaban J connectivity index is 1.04. The van der Waals surface area contributed by atoms with E-state index in [9.17, 15) is 4.79 Å². The average Bonchev–Trinajstić information content (AvgIpc) is 3.51. The number of anilines is 2. The molecule has 0 radical (unpaired) electrons. The molecular formula is C31H41N9O. The van der Waals surface area contributed by atoms with E-state index in [1.54, 1.807) is 6.92 Å². The van der Waals surface area contributed by atoms with Crippen molar-refractivity contribution in [3.63, 3.8) is 0 Å². The molecule has 10 heteroatoms. The van der Waals surface area contributed by atoms with Crippen molar-refractivity contribution in [2.75, 3.05) is 49.5 Å².